The van der Waals surface area contributed by atoms with Crippen LogP contribution in [-0.2, 0) is 9.53 Å². The van der Waals surface area contributed by atoms with E-state index in [1.165, 1.54) is 13.4 Å². The van der Waals surface area contributed by atoms with Gasteiger partial charge in [0.25, 0.3) is 0 Å². The van der Waals surface area contributed by atoms with Gasteiger partial charge in [0.1, 0.15) is 12.4 Å². The van der Waals surface area contributed by atoms with Crippen LogP contribution < -0.4 is 5.32 Å². The van der Waals surface area contributed by atoms with Crippen LogP contribution >= 0.6 is 0 Å². The number of nitrogens with zero attached hydrogens (tertiary/aromatic N) is 4. The van der Waals surface area contributed by atoms with E-state index in [-0.39, 0.29) is 12.0 Å². The number of ether oxygens (including phenoxy) is 1. The van der Waals surface area contributed by atoms with Crippen molar-refractivity contribution in [1.29, 1.82) is 0 Å². The molecule has 0 aliphatic carbocycles. The maximum atomic E-state index is 11.5. The quantitative estimate of drug-likeness (QED) is 0.809. The maximum absolute atomic E-state index is 11.5. The van der Waals surface area contributed by atoms with Gasteiger partial charge < -0.3 is 10.1 Å². The molecule has 7 heteroatoms. The zero-order valence-electron chi connectivity index (χ0n) is 10.8. The highest BCUT2D eigenvalue weighted by atomic mass is 16.5. The number of methoxy groups -OCH3 is 1. The summed E-state index contributed by atoms with van der Waals surface area (Å²) in [4.78, 5) is 11.5. The largest absolute Gasteiger partial charge is 0.467 e. The van der Waals surface area contributed by atoms with Gasteiger partial charge in [0.05, 0.1) is 12.8 Å². The Morgan fingerprint density at radius 3 is 3.00 bits per heavy atom. The highest BCUT2D eigenvalue weighted by Gasteiger charge is 2.16. The lowest BCUT2D eigenvalue weighted by atomic mass is 10.2. The summed E-state index contributed by atoms with van der Waals surface area (Å²) in [6.45, 7) is 1.92. The molecule has 1 aromatic carbocycles. The number of tetrazole rings is 1. The Morgan fingerprint density at radius 1 is 1.53 bits per heavy atom. The number of nitrogens with one attached hydrogen (secondary N) is 1. The summed E-state index contributed by atoms with van der Waals surface area (Å²) in [5, 5.41) is 14.1. The van der Waals surface area contributed by atoms with Crippen molar-refractivity contribution in [3.8, 4) is 5.69 Å². The molecule has 1 atom stereocenters. The number of benzene rings is 1. The third kappa shape index (κ3) is 3.06. The molecular weight excluding hydrogens is 246 g/mol. The van der Waals surface area contributed by atoms with Gasteiger partial charge in [0, 0.05) is 5.69 Å². The van der Waals surface area contributed by atoms with Crippen LogP contribution in [0.1, 0.15) is 13.3 Å². The molecule has 0 saturated carbocycles. The number of hydrogen-bond acceptors (Lipinski definition) is 6. The Kier molecular flexibility index (Phi) is 4.07. The topological polar surface area (TPSA) is 81.9 Å². The minimum absolute atomic E-state index is 0.282. The molecule has 0 fully saturated rings. The molecule has 0 spiro atoms. The summed E-state index contributed by atoms with van der Waals surface area (Å²) in [6, 6.07) is 7.11. The van der Waals surface area contributed by atoms with Gasteiger partial charge in [-0.15, -0.1) is 5.10 Å². The number of carbonyl (C=O) groups is 1. The SMILES string of the molecule is CCC(Nc1cccc(-n2cnnn2)c1)C(=O)OC. The molecule has 1 aromatic heterocycles. The van der Waals surface area contributed by atoms with Crippen molar-refractivity contribution in [3.63, 3.8) is 0 Å². The van der Waals surface area contributed by atoms with Crippen LogP contribution in [0.3, 0.4) is 0 Å². The lowest BCUT2D eigenvalue weighted by molar-refractivity contribution is -0.141. The fourth-order valence-corrected chi connectivity index (χ4v) is 1.69. The standard InChI is InChI=1S/C12H15N5O2/c1-3-11(12(18)19-2)14-9-5-4-6-10(7-9)17-8-13-15-16-17/h4-8,11,14H,3H2,1-2H3. The average molecular weight is 261 g/mol. The van der Waals surface area contributed by atoms with E-state index in [0.29, 0.717) is 6.42 Å². The average Bonchev–Trinajstić information content (AvgIpc) is 2.98. The molecule has 0 aliphatic rings. The first-order valence-corrected chi connectivity index (χ1v) is 5.92. The fraction of sp³-hybridized carbons (Fsp3) is 0.333. The van der Waals surface area contributed by atoms with Crippen LogP contribution in [0.4, 0.5) is 5.69 Å². The van der Waals surface area contributed by atoms with Gasteiger partial charge in [0.2, 0.25) is 0 Å². The highest BCUT2D eigenvalue weighted by molar-refractivity contribution is 5.79. The van der Waals surface area contributed by atoms with Crippen LogP contribution in [0.15, 0.2) is 30.6 Å². The molecule has 0 radical (unpaired) electrons. The van der Waals surface area contributed by atoms with Gasteiger partial charge in [-0.25, -0.2) is 9.48 Å². The fourth-order valence-electron chi connectivity index (χ4n) is 1.69. The zero-order valence-corrected chi connectivity index (χ0v) is 10.8. The van der Waals surface area contributed by atoms with Crippen molar-refractivity contribution in [2.45, 2.75) is 19.4 Å². The first-order valence-electron chi connectivity index (χ1n) is 5.92. The second-order valence-corrected chi connectivity index (χ2v) is 3.93. The molecule has 19 heavy (non-hydrogen) atoms. The lowest BCUT2D eigenvalue weighted by Gasteiger charge is -2.16. The van der Waals surface area contributed by atoms with Crippen LogP contribution in [0, 0.1) is 0 Å². The van der Waals surface area contributed by atoms with E-state index in [1.807, 2.05) is 31.2 Å². The Hall–Kier alpha value is -2.44. The lowest BCUT2D eigenvalue weighted by Crippen LogP contribution is -2.29. The van der Waals surface area contributed by atoms with E-state index in [9.17, 15) is 4.79 Å². The third-order valence-corrected chi connectivity index (χ3v) is 2.69. The van der Waals surface area contributed by atoms with Gasteiger partial charge in [-0.3, -0.25) is 0 Å². The summed E-state index contributed by atoms with van der Waals surface area (Å²) < 4.78 is 6.28. The number of esters is 1. The van der Waals surface area contributed by atoms with E-state index in [0.717, 1.165) is 11.4 Å². The van der Waals surface area contributed by atoms with Crippen molar-refractivity contribution in [1.82, 2.24) is 20.2 Å². The normalized spacial score (nSPS) is 11.9. The molecule has 1 unspecified atom stereocenters. The van der Waals surface area contributed by atoms with E-state index in [2.05, 4.69) is 20.8 Å². The third-order valence-electron chi connectivity index (χ3n) is 2.69. The van der Waals surface area contributed by atoms with Crippen LogP contribution in [0.25, 0.3) is 5.69 Å². The number of carbonyl (C=O) groups excluding carboxylic acids is 1. The Morgan fingerprint density at radius 2 is 2.37 bits per heavy atom. The van der Waals surface area contributed by atoms with Crippen molar-refractivity contribution in [2.24, 2.45) is 0 Å². The van der Waals surface area contributed by atoms with Crippen LogP contribution in [-0.4, -0.2) is 39.3 Å². The van der Waals surface area contributed by atoms with Crippen molar-refractivity contribution >= 4 is 11.7 Å². The molecule has 0 aliphatic heterocycles. The highest BCUT2D eigenvalue weighted by Crippen LogP contribution is 2.15. The molecule has 0 saturated heterocycles. The first kappa shape index (κ1) is 13.0. The summed E-state index contributed by atoms with van der Waals surface area (Å²) in [5.41, 5.74) is 1.62. The number of aromatic nitrogens is 4. The smallest absolute Gasteiger partial charge is 0.328 e. The minimum Gasteiger partial charge on any atom is -0.467 e. The Labute approximate surface area is 110 Å². The number of hydrogen-bond donors (Lipinski definition) is 1. The minimum atomic E-state index is -0.367. The van der Waals surface area contributed by atoms with Crippen molar-refractivity contribution in [2.75, 3.05) is 12.4 Å². The summed E-state index contributed by atoms with van der Waals surface area (Å²) >= 11 is 0. The Bertz CT molecular complexity index is 541. The monoisotopic (exact) mass is 261 g/mol. The van der Waals surface area contributed by atoms with Crippen molar-refractivity contribution in [3.05, 3.63) is 30.6 Å². The van der Waals surface area contributed by atoms with Crippen LogP contribution in [0.2, 0.25) is 0 Å². The number of rotatable bonds is 5. The summed E-state index contributed by atoms with van der Waals surface area (Å²) in [7, 11) is 1.38. The molecule has 1 heterocycles. The van der Waals surface area contributed by atoms with Crippen LogP contribution in [0.5, 0.6) is 0 Å². The molecular formula is C12H15N5O2. The number of anilines is 1. The van der Waals surface area contributed by atoms with E-state index in [1.54, 1.807) is 4.68 Å². The molecule has 2 rings (SSSR count). The summed E-state index contributed by atoms with van der Waals surface area (Å²) in [6.07, 6.45) is 2.15. The maximum Gasteiger partial charge on any atom is 0.328 e. The predicted octanol–water partition coefficient (Wildman–Crippen LogP) is 1.03. The molecule has 100 valence electrons. The zero-order chi connectivity index (χ0) is 13.7. The van der Waals surface area contributed by atoms with Crippen molar-refractivity contribution < 1.29 is 9.53 Å². The van der Waals surface area contributed by atoms with E-state index in [4.69, 9.17) is 4.74 Å². The molecule has 1 N–H and O–H groups in total. The van der Waals surface area contributed by atoms with Gasteiger partial charge in [-0.1, -0.05) is 13.0 Å². The van der Waals surface area contributed by atoms with Gasteiger partial charge in [-0.2, -0.15) is 0 Å². The molecule has 2 aromatic rings. The predicted molar refractivity (Wildman–Crippen MR) is 68.9 cm³/mol. The summed E-state index contributed by atoms with van der Waals surface area (Å²) in [5.74, 6) is -0.282. The first-order chi connectivity index (χ1) is 9.24. The van der Waals surface area contributed by atoms with E-state index >= 15 is 0 Å². The molecule has 7 nitrogen and oxygen atoms in total. The van der Waals surface area contributed by atoms with Gasteiger partial charge in [-0.05, 0) is 35.0 Å². The molecule has 0 bridgehead atoms. The second kappa shape index (κ2) is 5.94. The van der Waals surface area contributed by atoms with Gasteiger partial charge in [0.15, 0.2) is 0 Å². The van der Waals surface area contributed by atoms with E-state index < -0.39 is 0 Å². The Balaban J connectivity index is 2.17. The second-order valence-electron chi connectivity index (χ2n) is 3.93. The molecule has 0 amide bonds. The van der Waals surface area contributed by atoms with Gasteiger partial charge >= 0.3 is 5.97 Å².